The van der Waals surface area contributed by atoms with Crippen LogP contribution in [0.1, 0.15) is 17.7 Å². The van der Waals surface area contributed by atoms with E-state index >= 15 is 0 Å². The normalized spacial score (nSPS) is 22.0. The fourth-order valence-corrected chi connectivity index (χ4v) is 1.99. The molecule has 1 atom stereocenters. The maximum absolute atomic E-state index is 12.9. The fraction of sp³-hybridized carbons (Fsp3) is 0.545. The van der Waals surface area contributed by atoms with Crippen LogP contribution in [-0.2, 0) is 12.7 Å². The van der Waals surface area contributed by atoms with Crippen molar-refractivity contribution in [1.29, 1.82) is 0 Å². The minimum atomic E-state index is -4.45. The van der Waals surface area contributed by atoms with Gasteiger partial charge in [-0.25, -0.2) is 4.39 Å². The molecule has 1 saturated heterocycles. The summed E-state index contributed by atoms with van der Waals surface area (Å²) in [6.45, 7) is 0.794. The number of pyridine rings is 1. The first-order valence-electron chi connectivity index (χ1n) is 5.34. The van der Waals surface area contributed by atoms with E-state index in [1.54, 1.807) is 4.90 Å². The zero-order valence-corrected chi connectivity index (χ0v) is 9.04. The van der Waals surface area contributed by atoms with Crippen molar-refractivity contribution in [2.24, 2.45) is 0 Å². The number of hydrogen-bond donors (Lipinski definition) is 0. The number of hydrogen-bond acceptors (Lipinski definition) is 2. The monoisotopic (exact) mass is 248 g/mol. The second kappa shape index (κ2) is 4.60. The number of aromatic nitrogens is 1. The van der Waals surface area contributed by atoms with E-state index in [0.29, 0.717) is 13.0 Å². The topological polar surface area (TPSA) is 16.1 Å². The van der Waals surface area contributed by atoms with Crippen LogP contribution >= 0.6 is 0 Å². The number of nitrogens with zero attached hydrogens (tertiary/aromatic N) is 2. The van der Waals surface area contributed by atoms with Gasteiger partial charge in [0.05, 0.1) is 0 Å². The molecule has 2 nitrogen and oxygen atoms in total. The van der Waals surface area contributed by atoms with Crippen LogP contribution in [0, 0.1) is 0 Å². The van der Waals surface area contributed by atoms with Gasteiger partial charge < -0.3 is 0 Å². The van der Waals surface area contributed by atoms with Crippen molar-refractivity contribution in [2.75, 3.05) is 13.1 Å². The molecule has 0 spiro atoms. The lowest BCUT2D eigenvalue weighted by Gasteiger charge is -2.17. The minimum Gasteiger partial charge on any atom is -0.296 e. The summed E-state index contributed by atoms with van der Waals surface area (Å²) in [4.78, 5) is 5.04. The van der Waals surface area contributed by atoms with Gasteiger partial charge in [-0.2, -0.15) is 13.2 Å². The lowest BCUT2D eigenvalue weighted by Crippen LogP contribution is -2.23. The molecule has 0 aromatic carbocycles. The maximum Gasteiger partial charge on any atom is 0.433 e. The van der Waals surface area contributed by atoms with Gasteiger partial charge in [-0.15, -0.1) is 0 Å². The van der Waals surface area contributed by atoms with Gasteiger partial charge >= 0.3 is 6.18 Å². The van der Waals surface area contributed by atoms with Gasteiger partial charge in [0.1, 0.15) is 11.9 Å². The Bertz CT molecular complexity index is 391. The van der Waals surface area contributed by atoms with Crippen LogP contribution in [0.4, 0.5) is 17.6 Å². The molecule has 1 aliphatic heterocycles. The third-order valence-electron chi connectivity index (χ3n) is 2.77. The molecule has 1 unspecified atom stereocenters. The van der Waals surface area contributed by atoms with Gasteiger partial charge in [0.25, 0.3) is 0 Å². The molecule has 1 aromatic heterocycles. The standard InChI is InChI=1S/C11H12F4N2/c12-9-3-5-17(7-9)6-8-2-1-4-16-10(8)11(13,14)15/h1-2,4,9H,3,5-7H2. The van der Waals surface area contributed by atoms with Crippen LogP contribution in [0.2, 0.25) is 0 Å². The smallest absolute Gasteiger partial charge is 0.296 e. The molecule has 0 N–H and O–H groups in total. The van der Waals surface area contributed by atoms with Gasteiger partial charge in [0.15, 0.2) is 0 Å². The largest absolute Gasteiger partial charge is 0.433 e. The highest BCUT2D eigenvalue weighted by Crippen LogP contribution is 2.31. The second-order valence-electron chi connectivity index (χ2n) is 4.13. The van der Waals surface area contributed by atoms with E-state index in [4.69, 9.17) is 0 Å². The van der Waals surface area contributed by atoms with Crippen LogP contribution in [0.5, 0.6) is 0 Å². The van der Waals surface area contributed by atoms with Crippen molar-refractivity contribution in [3.05, 3.63) is 29.6 Å². The maximum atomic E-state index is 12.9. The van der Waals surface area contributed by atoms with Gasteiger partial charge in [0, 0.05) is 25.8 Å². The van der Waals surface area contributed by atoms with E-state index in [1.165, 1.54) is 12.1 Å². The lowest BCUT2D eigenvalue weighted by molar-refractivity contribution is -0.142. The predicted octanol–water partition coefficient (Wildman–Crippen LogP) is 2.64. The Morgan fingerprint density at radius 2 is 2.18 bits per heavy atom. The van der Waals surface area contributed by atoms with Crippen LogP contribution in [0.25, 0.3) is 0 Å². The van der Waals surface area contributed by atoms with Crippen LogP contribution < -0.4 is 0 Å². The zero-order valence-electron chi connectivity index (χ0n) is 9.04. The summed E-state index contributed by atoms with van der Waals surface area (Å²) in [6, 6.07) is 2.86. The third-order valence-corrected chi connectivity index (χ3v) is 2.77. The number of likely N-dealkylation sites (tertiary alicyclic amines) is 1. The molecule has 0 bridgehead atoms. The Kier molecular flexibility index (Phi) is 3.33. The SMILES string of the molecule is FC1CCN(Cc2cccnc2C(F)(F)F)C1. The van der Waals surface area contributed by atoms with Crippen LogP contribution in [-0.4, -0.2) is 29.1 Å². The molecule has 2 heterocycles. The second-order valence-corrected chi connectivity index (χ2v) is 4.13. The minimum absolute atomic E-state index is 0.100. The van der Waals surface area contributed by atoms with Crippen molar-refractivity contribution in [3.8, 4) is 0 Å². The average molecular weight is 248 g/mol. The van der Waals surface area contributed by atoms with Crippen molar-refractivity contribution >= 4 is 0 Å². The Morgan fingerprint density at radius 3 is 2.76 bits per heavy atom. The molecule has 2 rings (SSSR count). The zero-order chi connectivity index (χ0) is 12.5. The molecule has 1 aliphatic rings. The van der Waals surface area contributed by atoms with Crippen LogP contribution in [0.3, 0.4) is 0 Å². The number of halogens is 4. The summed E-state index contributed by atoms with van der Waals surface area (Å²) in [5.74, 6) is 0. The van der Waals surface area contributed by atoms with E-state index < -0.39 is 18.0 Å². The number of alkyl halides is 4. The first kappa shape index (κ1) is 12.3. The van der Waals surface area contributed by atoms with Gasteiger partial charge in [-0.3, -0.25) is 9.88 Å². The Balaban J connectivity index is 2.15. The molecule has 0 aliphatic carbocycles. The Hall–Kier alpha value is -1.17. The highest BCUT2D eigenvalue weighted by atomic mass is 19.4. The van der Waals surface area contributed by atoms with Crippen molar-refractivity contribution in [3.63, 3.8) is 0 Å². The van der Waals surface area contributed by atoms with Gasteiger partial charge in [-0.1, -0.05) is 6.07 Å². The Morgan fingerprint density at radius 1 is 1.41 bits per heavy atom. The van der Waals surface area contributed by atoms with E-state index in [9.17, 15) is 17.6 Å². The van der Waals surface area contributed by atoms with E-state index in [0.717, 1.165) is 6.20 Å². The summed E-state index contributed by atoms with van der Waals surface area (Å²) in [7, 11) is 0. The predicted molar refractivity (Wildman–Crippen MR) is 54.0 cm³/mol. The summed E-state index contributed by atoms with van der Waals surface area (Å²) in [5.41, 5.74) is -0.767. The van der Waals surface area contributed by atoms with E-state index in [1.807, 2.05) is 0 Å². The summed E-state index contributed by atoms with van der Waals surface area (Å²) in [6.07, 6.45) is -3.87. The summed E-state index contributed by atoms with van der Waals surface area (Å²) in [5, 5.41) is 0. The average Bonchev–Trinajstić information content (AvgIpc) is 2.63. The first-order chi connectivity index (χ1) is 7.97. The molecule has 1 fully saturated rings. The quantitative estimate of drug-likeness (QED) is 0.748. The fourth-order valence-electron chi connectivity index (χ4n) is 1.99. The molecule has 0 saturated carbocycles. The highest BCUT2D eigenvalue weighted by molar-refractivity contribution is 5.22. The third kappa shape index (κ3) is 2.94. The van der Waals surface area contributed by atoms with Gasteiger partial charge in [0.2, 0.25) is 0 Å². The van der Waals surface area contributed by atoms with Crippen LogP contribution in [0.15, 0.2) is 18.3 Å². The highest BCUT2D eigenvalue weighted by Gasteiger charge is 2.35. The molecule has 0 radical (unpaired) electrons. The molecule has 1 aromatic rings. The summed E-state index contributed by atoms with van der Waals surface area (Å²) >= 11 is 0. The molecule has 17 heavy (non-hydrogen) atoms. The molecule has 6 heteroatoms. The van der Waals surface area contributed by atoms with E-state index in [-0.39, 0.29) is 18.7 Å². The molecular formula is C11H12F4N2. The molecular weight excluding hydrogens is 236 g/mol. The lowest BCUT2D eigenvalue weighted by atomic mass is 10.2. The molecule has 0 amide bonds. The number of rotatable bonds is 2. The van der Waals surface area contributed by atoms with Crippen molar-refractivity contribution in [2.45, 2.75) is 25.3 Å². The Labute approximate surface area is 96.3 Å². The van der Waals surface area contributed by atoms with Gasteiger partial charge in [-0.05, 0) is 18.1 Å². The first-order valence-corrected chi connectivity index (χ1v) is 5.34. The van der Waals surface area contributed by atoms with E-state index in [2.05, 4.69) is 4.98 Å². The van der Waals surface area contributed by atoms with Crippen molar-refractivity contribution in [1.82, 2.24) is 9.88 Å². The molecule has 94 valence electrons. The van der Waals surface area contributed by atoms with Crippen molar-refractivity contribution < 1.29 is 17.6 Å². The summed E-state index contributed by atoms with van der Waals surface area (Å²) < 4.78 is 50.9.